The van der Waals surface area contributed by atoms with Gasteiger partial charge in [-0.05, 0) is 53.6 Å². The summed E-state index contributed by atoms with van der Waals surface area (Å²) in [5.74, 6) is -0.332. The first-order chi connectivity index (χ1) is 16.0. The number of carbonyl (C=O) groups is 3. The van der Waals surface area contributed by atoms with Crippen LogP contribution in [0.25, 0.3) is 6.08 Å². The zero-order valence-corrected chi connectivity index (χ0v) is 18.1. The number of hydrogen-bond donors (Lipinski definition) is 3. The Hall–Kier alpha value is -4.39. The largest absolute Gasteiger partial charge is 0.326 e. The zero-order valence-electron chi connectivity index (χ0n) is 18.1. The Morgan fingerprint density at radius 1 is 0.758 bits per heavy atom. The van der Waals surface area contributed by atoms with E-state index in [2.05, 4.69) is 16.0 Å². The summed E-state index contributed by atoms with van der Waals surface area (Å²) >= 11 is 0. The molecule has 0 fully saturated rings. The number of amides is 4. The highest BCUT2D eigenvalue weighted by Crippen LogP contribution is 2.33. The lowest BCUT2D eigenvalue weighted by molar-refractivity contribution is -0.129. The number of benzene rings is 3. The van der Waals surface area contributed by atoms with Crippen molar-refractivity contribution in [1.29, 1.82) is 0 Å². The van der Waals surface area contributed by atoms with E-state index in [4.69, 9.17) is 0 Å². The number of anilines is 3. The maximum atomic E-state index is 12.8. The van der Waals surface area contributed by atoms with Crippen molar-refractivity contribution in [3.05, 3.63) is 96.2 Å². The molecule has 0 saturated carbocycles. The average Bonchev–Trinajstić information content (AvgIpc) is 2.81. The SMILES string of the molecule is CC(=O)N1C=Cc2ccccc2C1CC(=O)Nc1ccc(NC(=O)Nc2ccccc2)cc1. The molecular formula is C26H24N4O3. The lowest BCUT2D eigenvalue weighted by atomic mass is 9.93. The van der Waals surface area contributed by atoms with Crippen molar-refractivity contribution in [2.24, 2.45) is 0 Å². The first kappa shape index (κ1) is 21.8. The van der Waals surface area contributed by atoms with Gasteiger partial charge >= 0.3 is 6.03 Å². The summed E-state index contributed by atoms with van der Waals surface area (Å²) in [5.41, 5.74) is 3.82. The fourth-order valence-corrected chi connectivity index (χ4v) is 3.75. The highest BCUT2D eigenvalue weighted by molar-refractivity contribution is 6.00. The molecule has 1 aliphatic heterocycles. The maximum absolute atomic E-state index is 12.8. The van der Waals surface area contributed by atoms with Crippen molar-refractivity contribution in [3.8, 4) is 0 Å². The van der Waals surface area contributed by atoms with Gasteiger partial charge in [0.05, 0.1) is 12.5 Å². The summed E-state index contributed by atoms with van der Waals surface area (Å²) in [7, 11) is 0. The van der Waals surface area contributed by atoms with E-state index in [1.807, 2.05) is 48.5 Å². The molecule has 1 atom stereocenters. The van der Waals surface area contributed by atoms with Gasteiger partial charge in [-0.15, -0.1) is 0 Å². The first-order valence-electron chi connectivity index (χ1n) is 10.6. The standard InChI is InChI=1S/C26H24N4O3/c1-18(31)30-16-15-19-7-5-6-10-23(19)24(30)17-25(32)27-21-11-13-22(14-12-21)29-26(33)28-20-8-3-2-4-9-20/h2-16,24H,17H2,1H3,(H,27,32)(H2,28,29,33). The number of rotatable bonds is 5. The van der Waals surface area contributed by atoms with E-state index in [1.54, 1.807) is 47.5 Å². The molecule has 0 aliphatic carbocycles. The van der Waals surface area contributed by atoms with Crippen LogP contribution in [-0.2, 0) is 9.59 Å². The first-order valence-corrected chi connectivity index (χ1v) is 10.6. The molecule has 4 rings (SSSR count). The molecule has 0 radical (unpaired) electrons. The van der Waals surface area contributed by atoms with Crippen LogP contribution in [0, 0.1) is 0 Å². The van der Waals surface area contributed by atoms with E-state index in [9.17, 15) is 14.4 Å². The van der Waals surface area contributed by atoms with E-state index in [-0.39, 0.29) is 30.3 Å². The second-order valence-electron chi connectivity index (χ2n) is 7.66. The van der Waals surface area contributed by atoms with Gasteiger partial charge in [0.1, 0.15) is 0 Å². The topological polar surface area (TPSA) is 90.5 Å². The molecule has 3 N–H and O–H groups in total. The van der Waals surface area contributed by atoms with Gasteiger partial charge in [0.25, 0.3) is 0 Å². The average molecular weight is 441 g/mol. The number of fused-ring (bicyclic) bond motifs is 1. The number of hydrogen-bond acceptors (Lipinski definition) is 3. The van der Waals surface area contributed by atoms with E-state index >= 15 is 0 Å². The normalized spacial score (nSPS) is 14.2. The molecule has 1 aliphatic rings. The van der Waals surface area contributed by atoms with Crippen molar-refractivity contribution in [1.82, 2.24) is 4.90 Å². The van der Waals surface area contributed by atoms with Crippen LogP contribution in [0.3, 0.4) is 0 Å². The molecular weight excluding hydrogens is 416 g/mol. The Morgan fingerprint density at radius 2 is 1.33 bits per heavy atom. The smallest absolute Gasteiger partial charge is 0.323 e. The molecule has 7 nitrogen and oxygen atoms in total. The summed E-state index contributed by atoms with van der Waals surface area (Å²) in [6.07, 6.45) is 3.73. The third-order valence-electron chi connectivity index (χ3n) is 5.31. The Kier molecular flexibility index (Phi) is 6.50. The second kappa shape index (κ2) is 9.82. The predicted octanol–water partition coefficient (Wildman–Crippen LogP) is 5.23. The zero-order chi connectivity index (χ0) is 23.2. The number of para-hydroxylation sites is 1. The summed E-state index contributed by atoms with van der Waals surface area (Å²) in [6.45, 7) is 1.49. The summed E-state index contributed by atoms with van der Waals surface area (Å²) in [5, 5.41) is 8.37. The molecule has 1 heterocycles. The van der Waals surface area contributed by atoms with Crippen molar-refractivity contribution in [2.45, 2.75) is 19.4 Å². The van der Waals surface area contributed by atoms with Crippen molar-refractivity contribution in [2.75, 3.05) is 16.0 Å². The molecule has 7 heteroatoms. The fraction of sp³-hybridized carbons (Fsp3) is 0.115. The van der Waals surface area contributed by atoms with Crippen LogP contribution in [0.4, 0.5) is 21.9 Å². The Balaban J connectivity index is 1.37. The second-order valence-corrected chi connectivity index (χ2v) is 7.66. The minimum Gasteiger partial charge on any atom is -0.326 e. The highest BCUT2D eigenvalue weighted by Gasteiger charge is 2.28. The van der Waals surface area contributed by atoms with Gasteiger partial charge in [-0.1, -0.05) is 42.5 Å². The van der Waals surface area contributed by atoms with Crippen molar-refractivity contribution in [3.63, 3.8) is 0 Å². The van der Waals surface area contributed by atoms with Crippen LogP contribution < -0.4 is 16.0 Å². The number of nitrogens with zero attached hydrogens (tertiary/aromatic N) is 1. The number of urea groups is 1. The third kappa shape index (κ3) is 5.46. The van der Waals surface area contributed by atoms with E-state index in [0.29, 0.717) is 17.1 Å². The van der Waals surface area contributed by atoms with Gasteiger partial charge in [0.2, 0.25) is 11.8 Å². The molecule has 0 saturated heterocycles. The summed E-state index contributed by atoms with van der Waals surface area (Å²) in [6, 6.07) is 23.0. The minimum atomic E-state index is -0.369. The molecule has 0 aromatic heterocycles. The lowest BCUT2D eigenvalue weighted by Crippen LogP contribution is -2.33. The van der Waals surface area contributed by atoms with Crippen LogP contribution in [-0.4, -0.2) is 22.7 Å². The Labute approximate surface area is 192 Å². The van der Waals surface area contributed by atoms with Crippen molar-refractivity contribution < 1.29 is 14.4 Å². The number of carbonyl (C=O) groups excluding carboxylic acids is 3. The maximum Gasteiger partial charge on any atom is 0.323 e. The molecule has 0 bridgehead atoms. The molecule has 1 unspecified atom stereocenters. The molecule has 166 valence electrons. The van der Waals surface area contributed by atoms with Crippen LogP contribution >= 0.6 is 0 Å². The molecule has 33 heavy (non-hydrogen) atoms. The van der Waals surface area contributed by atoms with Gasteiger partial charge in [-0.2, -0.15) is 0 Å². The van der Waals surface area contributed by atoms with Gasteiger partial charge in [-0.25, -0.2) is 4.79 Å². The Morgan fingerprint density at radius 3 is 2.00 bits per heavy atom. The van der Waals surface area contributed by atoms with Crippen LogP contribution in [0.1, 0.15) is 30.5 Å². The Bertz CT molecular complexity index is 1190. The van der Waals surface area contributed by atoms with Gasteiger partial charge in [-0.3, -0.25) is 9.59 Å². The fourth-order valence-electron chi connectivity index (χ4n) is 3.75. The van der Waals surface area contributed by atoms with Gasteiger partial charge in [0.15, 0.2) is 0 Å². The summed E-state index contributed by atoms with van der Waals surface area (Å²) < 4.78 is 0. The van der Waals surface area contributed by atoms with Crippen LogP contribution in [0.2, 0.25) is 0 Å². The van der Waals surface area contributed by atoms with Gasteiger partial charge < -0.3 is 20.9 Å². The van der Waals surface area contributed by atoms with E-state index in [0.717, 1.165) is 11.1 Å². The van der Waals surface area contributed by atoms with Crippen molar-refractivity contribution >= 4 is 41.0 Å². The monoisotopic (exact) mass is 440 g/mol. The third-order valence-corrected chi connectivity index (χ3v) is 5.31. The van der Waals surface area contributed by atoms with E-state index < -0.39 is 0 Å². The van der Waals surface area contributed by atoms with Crippen LogP contribution in [0.5, 0.6) is 0 Å². The minimum absolute atomic E-state index is 0.122. The molecule has 3 aromatic carbocycles. The summed E-state index contributed by atoms with van der Waals surface area (Å²) in [4.78, 5) is 38.6. The van der Waals surface area contributed by atoms with Gasteiger partial charge in [0, 0.05) is 30.2 Å². The molecule has 3 aromatic rings. The quantitative estimate of drug-likeness (QED) is 0.507. The lowest BCUT2D eigenvalue weighted by Gasteiger charge is -2.32. The molecule has 4 amide bonds. The molecule has 0 spiro atoms. The highest BCUT2D eigenvalue weighted by atomic mass is 16.2. The van der Waals surface area contributed by atoms with E-state index in [1.165, 1.54) is 6.92 Å². The number of nitrogens with one attached hydrogen (secondary N) is 3. The van der Waals surface area contributed by atoms with Crippen LogP contribution in [0.15, 0.2) is 85.1 Å². The predicted molar refractivity (Wildman–Crippen MR) is 130 cm³/mol.